The van der Waals surface area contributed by atoms with Crippen molar-refractivity contribution < 1.29 is 34.0 Å². The zero-order valence-electron chi connectivity index (χ0n) is 16.5. The Hall–Kier alpha value is -2.40. The largest absolute Gasteiger partial charge is 0.454 e. The number of likely N-dealkylation sites (N-methyl/N-ethyl adjacent to an activating group) is 1. The number of benzene rings is 1. The molecule has 2 aliphatic heterocycles. The maximum Gasteiger partial charge on any atom is 0.251 e. The Labute approximate surface area is 168 Å². The normalized spacial score (nSPS) is 25.3. The van der Waals surface area contributed by atoms with E-state index in [2.05, 4.69) is 10.6 Å². The van der Waals surface area contributed by atoms with Crippen LogP contribution >= 0.6 is 0 Å². The van der Waals surface area contributed by atoms with Crippen LogP contribution in [0.15, 0.2) is 18.2 Å². The third-order valence-electron chi connectivity index (χ3n) is 4.83. The van der Waals surface area contributed by atoms with Gasteiger partial charge in [-0.05, 0) is 32.3 Å². The van der Waals surface area contributed by atoms with Gasteiger partial charge in [-0.3, -0.25) is 9.59 Å². The molecule has 4 atom stereocenters. The zero-order valence-corrected chi connectivity index (χ0v) is 16.5. The third kappa shape index (κ3) is 5.36. The summed E-state index contributed by atoms with van der Waals surface area (Å²) in [5, 5.41) is 25.8. The van der Waals surface area contributed by atoms with Crippen LogP contribution in [0.1, 0.15) is 16.8 Å². The molecule has 0 saturated carbocycles. The molecule has 3 rings (SSSR count). The number of hydrogen-bond acceptors (Lipinski definition) is 8. The van der Waals surface area contributed by atoms with Gasteiger partial charge in [0, 0.05) is 25.2 Å². The molecule has 0 unspecified atom stereocenters. The molecular formula is C19H27N3O7. The fourth-order valence-corrected chi connectivity index (χ4v) is 3.17. The molecule has 1 fully saturated rings. The average molecular weight is 409 g/mol. The maximum absolute atomic E-state index is 12.3. The van der Waals surface area contributed by atoms with Crippen molar-refractivity contribution >= 4 is 11.8 Å². The van der Waals surface area contributed by atoms with Crippen molar-refractivity contribution in [3.8, 4) is 11.5 Å². The Morgan fingerprint density at radius 2 is 1.83 bits per heavy atom. The molecule has 0 radical (unpaired) electrons. The lowest BCUT2D eigenvalue weighted by molar-refractivity contribution is -0.125. The van der Waals surface area contributed by atoms with E-state index in [-0.39, 0.29) is 31.6 Å². The molecule has 0 aliphatic carbocycles. The molecule has 2 aliphatic rings. The monoisotopic (exact) mass is 409 g/mol. The van der Waals surface area contributed by atoms with Crippen molar-refractivity contribution in [3.63, 3.8) is 0 Å². The quantitative estimate of drug-likeness (QED) is 0.417. The van der Waals surface area contributed by atoms with E-state index in [1.807, 2.05) is 19.0 Å². The van der Waals surface area contributed by atoms with Crippen LogP contribution in [0.25, 0.3) is 0 Å². The van der Waals surface area contributed by atoms with Gasteiger partial charge in [-0.15, -0.1) is 0 Å². The highest BCUT2D eigenvalue weighted by Crippen LogP contribution is 2.32. The summed E-state index contributed by atoms with van der Waals surface area (Å²) in [5.74, 6) is 0.420. The molecule has 0 spiro atoms. The third-order valence-corrected chi connectivity index (χ3v) is 4.83. The number of aliphatic hydroxyl groups excluding tert-OH is 2. The molecule has 1 aromatic rings. The fraction of sp³-hybridized carbons (Fsp3) is 0.579. The van der Waals surface area contributed by atoms with E-state index < -0.39 is 24.4 Å². The minimum Gasteiger partial charge on any atom is -0.454 e. The van der Waals surface area contributed by atoms with Crippen LogP contribution < -0.4 is 20.1 Å². The number of carbonyl (C=O) groups is 2. The van der Waals surface area contributed by atoms with Crippen molar-refractivity contribution in [2.45, 2.75) is 30.8 Å². The molecule has 10 heteroatoms. The number of fused-ring (bicyclic) bond motifs is 1. The summed E-state index contributed by atoms with van der Waals surface area (Å²) in [6, 6.07) is 4.82. The highest BCUT2D eigenvalue weighted by atomic mass is 16.7. The van der Waals surface area contributed by atoms with Crippen molar-refractivity contribution in [1.82, 2.24) is 15.5 Å². The highest BCUT2D eigenvalue weighted by molar-refractivity contribution is 5.94. The molecule has 2 heterocycles. The number of ether oxygens (including phenoxy) is 3. The summed E-state index contributed by atoms with van der Waals surface area (Å²) in [6.45, 7) is 1.28. The summed E-state index contributed by atoms with van der Waals surface area (Å²) < 4.78 is 16.1. The van der Waals surface area contributed by atoms with Gasteiger partial charge in [-0.1, -0.05) is 0 Å². The fourth-order valence-electron chi connectivity index (χ4n) is 3.17. The maximum atomic E-state index is 12.3. The van der Waals surface area contributed by atoms with Gasteiger partial charge in [0.1, 0.15) is 18.3 Å². The Balaban J connectivity index is 1.47. The van der Waals surface area contributed by atoms with Gasteiger partial charge < -0.3 is 40.0 Å². The van der Waals surface area contributed by atoms with Crippen molar-refractivity contribution in [3.05, 3.63) is 23.8 Å². The second-order valence-corrected chi connectivity index (χ2v) is 7.33. The summed E-state index contributed by atoms with van der Waals surface area (Å²) >= 11 is 0. The summed E-state index contributed by atoms with van der Waals surface area (Å²) in [4.78, 5) is 26.3. The zero-order chi connectivity index (χ0) is 21.0. The highest BCUT2D eigenvalue weighted by Gasteiger charge is 2.43. The molecular weight excluding hydrogens is 382 g/mol. The molecule has 1 saturated heterocycles. The Morgan fingerprint density at radius 1 is 1.10 bits per heavy atom. The smallest absolute Gasteiger partial charge is 0.251 e. The minimum absolute atomic E-state index is 0.00967. The molecule has 0 bridgehead atoms. The Bertz CT molecular complexity index is 743. The van der Waals surface area contributed by atoms with Crippen LogP contribution in [0.3, 0.4) is 0 Å². The summed E-state index contributed by atoms with van der Waals surface area (Å²) in [7, 11) is 3.80. The number of amides is 2. The predicted octanol–water partition coefficient (Wildman–Crippen LogP) is -1.30. The lowest BCUT2D eigenvalue weighted by Crippen LogP contribution is -2.40. The first-order chi connectivity index (χ1) is 13.8. The number of nitrogens with zero attached hydrogens (tertiary/aromatic N) is 1. The summed E-state index contributed by atoms with van der Waals surface area (Å²) in [5.41, 5.74) is 0.374. The second kappa shape index (κ2) is 9.40. The molecule has 2 amide bonds. The van der Waals surface area contributed by atoms with Gasteiger partial charge in [0.2, 0.25) is 12.7 Å². The van der Waals surface area contributed by atoms with Crippen LogP contribution in [0.2, 0.25) is 0 Å². The standard InChI is InChI=1S/C19H27N3O7/c1-22(2)6-5-20-16(23)8-14-17(24)18(25)15(29-14)9-21-19(26)11-3-4-12-13(7-11)28-10-27-12/h3-4,7,14-15,17-18,24-25H,5-6,8-10H2,1-2H3,(H,20,23)(H,21,26)/t14-,15-,17-,18-/m1/s1. The van der Waals surface area contributed by atoms with E-state index in [0.29, 0.717) is 30.2 Å². The van der Waals surface area contributed by atoms with Crippen LogP contribution in [-0.2, 0) is 9.53 Å². The van der Waals surface area contributed by atoms with E-state index in [1.165, 1.54) is 0 Å². The number of nitrogens with one attached hydrogen (secondary N) is 2. The van der Waals surface area contributed by atoms with Gasteiger partial charge >= 0.3 is 0 Å². The lowest BCUT2D eigenvalue weighted by atomic mass is 10.1. The Kier molecular flexibility index (Phi) is 6.91. The first-order valence-electron chi connectivity index (χ1n) is 9.46. The van der Waals surface area contributed by atoms with Gasteiger partial charge in [0.15, 0.2) is 11.5 Å². The van der Waals surface area contributed by atoms with Gasteiger partial charge in [-0.2, -0.15) is 0 Å². The van der Waals surface area contributed by atoms with Gasteiger partial charge in [0.05, 0.1) is 12.5 Å². The lowest BCUT2D eigenvalue weighted by Gasteiger charge is -2.16. The SMILES string of the molecule is CN(C)CCNC(=O)C[C@H]1O[C@H](CNC(=O)c2ccc3c(c2)OCO3)[C@@H](O)[C@@H]1O. The number of aliphatic hydroxyl groups is 2. The molecule has 0 aromatic heterocycles. The van der Waals surface area contributed by atoms with Gasteiger partial charge in [-0.25, -0.2) is 0 Å². The number of hydrogen-bond donors (Lipinski definition) is 4. The van der Waals surface area contributed by atoms with Crippen molar-refractivity contribution in [2.75, 3.05) is 40.5 Å². The predicted molar refractivity (Wildman–Crippen MR) is 102 cm³/mol. The molecule has 4 N–H and O–H groups in total. The number of carbonyl (C=O) groups excluding carboxylic acids is 2. The van der Waals surface area contributed by atoms with E-state index in [9.17, 15) is 19.8 Å². The van der Waals surface area contributed by atoms with Gasteiger partial charge in [0.25, 0.3) is 5.91 Å². The summed E-state index contributed by atoms with van der Waals surface area (Å²) in [6.07, 6.45) is -4.13. The van der Waals surface area contributed by atoms with Crippen molar-refractivity contribution in [2.24, 2.45) is 0 Å². The molecule has 10 nitrogen and oxygen atoms in total. The molecule has 160 valence electrons. The number of rotatable bonds is 8. The van der Waals surface area contributed by atoms with Crippen LogP contribution in [-0.4, -0.2) is 91.9 Å². The molecule has 1 aromatic carbocycles. The second-order valence-electron chi connectivity index (χ2n) is 7.33. The molecule has 29 heavy (non-hydrogen) atoms. The minimum atomic E-state index is -1.21. The topological polar surface area (TPSA) is 130 Å². The van der Waals surface area contributed by atoms with E-state index in [4.69, 9.17) is 14.2 Å². The first kappa shape index (κ1) is 21.3. The van der Waals surface area contributed by atoms with Crippen LogP contribution in [0, 0.1) is 0 Å². The van der Waals surface area contributed by atoms with Crippen molar-refractivity contribution in [1.29, 1.82) is 0 Å². The average Bonchev–Trinajstić information content (AvgIpc) is 3.25. The van der Waals surface area contributed by atoms with Crippen LogP contribution in [0.4, 0.5) is 0 Å². The Morgan fingerprint density at radius 3 is 2.59 bits per heavy atom. The van der Waals surface area contributed by atoms with E-state index in [1.54, 1.807) is 18.2 Å². The van der Waals surface area contributed by atoms with E-state index >= 15 is 0 Å². The first-order valence-corrected chi connectivity index (χ1v) is 9.46. The van der Waals surface area contributed by atoms with Crippen LogP contribution in [0.5, 0.6) is 11.5 Å². The van der Waals surface area contributed by atoms with E-state index in [0.717, 1.165) is 0 Å².